The molecule has 0 aliphatic rings. The number of nitrogens with two attached hydrogens (primary N) is 1. The number of nitrogens with zero attached hydrogens (tertiary/aromatic N) is 3. The fraction of sp³-hybridized carbons (Fsp3) is 0.167. The van der Waals surface area contributed by atoms with E-state index in [4.69, 9.17) is 15.6 Å². The number of aromatic nitrogens is 4. The van der Waals surface area contributed by atoms with Gasteiger partial charge in [-0.3, -0.25) is 0 Å². The highest BCUT2D eigenvalue weighted by atomic mass is 16.5. The maximum absolute atomic E-state index is 9.05. The van der Waals surface area contributed by atoms with Gasteiger partial charge in [-0.05, 0) is 0 Å². The van der Waals surface area contributed by atoms with E-state index in [1.807, 2.05) is 0 Å². The number of anilines is 1. The Morgan fingerprint density at radius 2 is 2.15 bits per heavy atom. The van der Waals surface area contributed by atoms with Crippen LogP contribution in [0.3, 0.4) is 0 Å². The molecule has 2 aromatic heterocycles. The molecule has 0 fully saturated rings. The van der Waals surface area contributed by atoms with Crippen molar-refractivity contribution in [1.29, 1.82) is 0 Å². The van der Waals surface area contributed by atoms with E-state index in [0.29, 0.717) is 5.52 Å². The predicted molar refractivity (Wildman–Crippen MR) is 44.3 cm³/mol. The van der Waals surface area contributed by atoms with Crippen LogP contribution in [0.5, 0.6) is 11.9 Å². The van der Waals surface area contributed by atoms with Crippen molar-refractivity contribution in [1.82, 2.24) is 19.9 Å². The molecule has 0 amide bonds. The van der Waals surface area contributed by atoms with E-state index in [9.17, 15) is 0 Å². The third kappa shape index (κ3) is 1.10. The highest BCUT2D eigenvalue weighted by Crippen LogP contribution is 2.22. The Morgan fingerprint density at radius 3 is 2.85 bits per heavy atom. The molecule has 0 saturated heterocycles. The minimum absolute atomic E-state index is 0.202. The average molecular weight is 181 g/mol. The smallest absolute Gasteiger partial charge is 0.319 e. The molecule has 0 aliphatic heterocycles. The van der Waals surface area contributed by atoms with Gasteiger partial charge >= 0.3 is 6.01 Å². The Balaban J connectivity index is 2.80. The zero-order chi connectivity index (χ0) is 9.42. The Labute approximate surface area is 72.6 Å². The number of hydrogen-bond acceptors (Lipinski definition) is 6. The summed E-state index contributed by atoms with van der Waals surface area (Å²) in [4.78, 5) is 13.8. The lowest BCUT2D eigenvalue weighted by Crippen LogP contribution is -1.91. The average Bonchev–Trinajstić information content (AvgIpc) is 2.43. The van der Waals surface area contributed by atoms with Crippen LogP contribution in [0.25, 0.3) is 11.2 Å². The van der Waals surface area contributed by atoms with E-state index < -0.39 is 6.01 Å². The number of hydrogen-bond donors (Lipinski definition) is 3. The van der Waals surface area contributed by atoms with Gasteiger partial charge in [-0.15, -0.1) is 0 Å². The number of methoxy groups -OCH3 is 1. The first-order valence-corrected chi connectivity index (χ1v) is 3.47. The fourth-order valence-corrected chi connectivity index (χ4v) is 1.03. The Morgan fingerprint density at radius 1 is 1.38 bits per heavy atom. The Hall–Kier alpha value is -2.05. The van der Waals surface area contributed by atoms with Crippen molar-refractivity contribution in [3.8, 4) is 11.9 Å². The molecule has 68 valence electrons. The summed E-state index contributed by atoms with van der Waals surface area (Å²) < 4.78 is 4.88. The monoisotopic (exact) mass is 181 g/mol. The summed E-state index contributed by atoms with van der Waals surface area (Å²) in [6, 6.07) is -0.393. The molecule has 2 heterocycles. The van der Waals surface area contributed by atoms with Crippen LogP contribution >= 0.6 is 0 Å². The summed E-state index contributed by atoms with van der Waals surface area (Å²) in [7, 11) is 1.43. The summed E-state index contributed by atoms with van der Waals surface area (Å²) in [6.07, 6.45) is 0. The lowest BCUT2D eigenvalue weighted by Gasteiger charge is -1.98. The van der Waals surface area contributed by atoms with E-state index in [-0.39, 0.29) is 17.5 Å². The molecule has 13 heavy (non-hydrogen) atoms. The highest BCUT2D eigenvalue weighted by molar-refractivity contribution is 5.78. The SMILES string of the molecule is COc1nc(O)nc2nc(N)[nH]c12. The number of ether oxygens (including phenoxy) is 1. The third-order valence-corrected chi connectivity index (χ3v) is 1.52. The number of imidazole rings is 1. The minimum Gasteiger partial charge on any atom is -0.479 e. The summed E-state index contributed by atoms with van der Waals surface area (Å²) in [5.74, 6) is 0.417. The van der Waals surface area contributed by atoms with E-state index >= 15 is 0 Å². The van der Waals surface area contributed by atoms with Crippen molar-refractivity contribution < 1.29 is 9.84 Å². The van der Waals surface area contributed by atoms with Gasteiger partial charge in [0.1, 0.15) is 5.52 Å². The number of nitrogens with one attached hydrogen (secondary N) is 1. The van der Waals surface area contributed by atoms with Crippen LogP contribution < -0.4 is 10.5 Å². The molecule has 0 atom stereocenters. The highest BCUT2D eigenvalue weighted by Gasteiger charge is 2.10. The van der Waals surface area contributed by atoms with E-state index in [1.54, 1.807) is 0 Å². The van der Waals surface area contributed by atoms with Crippen molar-refractivity contribution in [3.05, 3.63) is 0 Å². The van der Waals surface area contributed by atoms with Crippen LogP contribution in [0, 0.1) is 0 Å². The second-order valence-corrected chi connectivity index (χ2v) is 2.35. The van der Waals surface area contributed by atoms with Crippen LogP contribution in [0.2, 0.25) is 0 Å². The molecular weight excluding hydrogens is 174 g/mol. The standard InChI is InChI=1S/C6H7N5O2/c1-13-4-2-3(9-5(7)8-2)10-6(12)11-4/h1H3,(H4,7,8,9,10,11,12). The molecule has 0 bridgehead atoms. The maximum atomic E-state index is 9.05. The summed E-state index contributed by atoms with van der Waals surface area (Å²) in [5.41, 5.74) is 6.14. The van der Waals surface area contributed by atoms with E-state index in [1.165, 1.54) is 7.11 Å². The second-order valence-electron chi connectivity index (χ2n) is 2.35. The molecule has 0 aromatic carbocycles. The molecule has 4 N–H and O–H groups in total. The molecule has 0 radical (unpaired) electrons. The van der Waals surface area contributed by atoms with E-state index in [2.05, 4.69) is 19.9 Å². The van der Waals surface area contributed by atoms with Gasteiger partial charge in [0.05, 0.1) is 7.11 Å². The molecular formula is C6H7N5O2. The zero-order valence-corrected chi connectivity index (χ0v) is 6.77. The predicted octanol–water partition coefficient (Wildman–Crippen LogP) is -0.351. The number of aromatic amines is 1. The number of nitrogen functional groups attached to an aromatic ring is 1. The van der Waals surface area contributed by atoms with Crippen molar-refractivity contribution in [2.45, 2.75) is 0 Å². The first-order valence-electron chi connectivity index (χ1n) is 3.47. The number of H-pyrrole nitrogens is 1. The minimum atomic E-state index is -0.393. The lowest BCUT2D eigenvalue weighted by atomic mass is 10.5. The topological polar surface area (TPSA) is 110 Å². The van der Waals surface area contributed by atoms with Crippen LogP contribution in [0.1, 0.15) is 0 Å². The molecule has 7 nitrogen and oxygen atoms in total. The summed E-state index contributed by atoms with van der Waals surface area (Å²) >= 11 is 0. The van der Waals surface area contributed by atoms with Crippen LogP contribution in [0.15, 0.2) is 0 Å². The van der Waals surface area contributed by atoms with Gasteiger partial charge < -0.3 is 20.6 Å². The molecule has 0 unspecified atom stereocenters. The van der Waals surface area contributed by atoms with Crippen molar-refractivity contribution in [3.63, 3.8) is 0 Å². The van der Waals surface area contributed by atoms with Gasteiger partial charge in [-0.25, -0.2) is 0 Å². The number of aromatic hydroxyl groups is 1. The van der Waals surface area contributed by atoms with Crippen LogP contribution in [-0.4, -0.2) is 32.2 Å². The van der Waals surface area contributed by atoms with E-state index in [0.717, 1.165) is 0 Å². The largest absolute Gasteiger partial charge is 0.479 e. The second kappa shape index (κ2) is 2.47. The van der Waals surface area contributed by atoms with Crippen molar-refractivity contribution in [2.24, 2.45) is 0 Å². The van der Waals surface area contributed by atoms with Gasteiger partial charge in [-0.2, -0.15) is 15.0 Å². The van der Waals surface area contributed by atoms with Crippen molar-refractivity contribution in [2.75, 3.05) is 12.8 Å². The fourth-order valence-electron chi connectivity index (χ4n) is 1.03. The maximum Gasteiger partial charge on any atom is 0.319 e. The molecule has 0 saturated carbocycles. The Kier molecular flexibility index (Phi) is 1.44. The van der Waals surface area contributed by atoms with Gasteiger partial charge in [-0.1, -0.05) is 0 Å². The van der Waals surface area contributed by atoms with Gasteiger partial charge in [0.2, 0.25) is 5.88 Å². The molecule has 0 spiro atoms. The number of fused-ring (bicyclic) bond motifs is 1. The summed E-state index contributed by atoms with van der Waals surface area (Å²) in [5, 5.41) is 9.05. The van der Waals surface area contributed by atoms with Gasteiger partial charge in [0.15, 0.2) is 11.6 Å². The van der Waals surface area contributed by atoms with Crippen molar-refractivity contribution >= 4 is 17.1 Å². The van der Waals surface area contributed by atoms with Gasteiger partial charge in [0.25, 0.3) is 0 Å². The lowest BCUT2D eigenvalue weighted by molar-refractivity contribution is 0.377. The van der Waals surface area contributed by atoms with Crippen LogP contribution in [0.4, 0.5) is 5.95 Å². The van der Waals surface area contributed by atoms with Gasteiger partial charge in [0, 0.05) is 0 Å². The quantitative estimate of drug-likeness (QED) is 0.554. The first-order chi connectivity index (χ1) is 6.20. The summed E-state index contributed by atoms with van der Waals surface area (Å²) in [6.45, 7) is 0. The molecule has 2 rings (SSSR count). The zero-order valence-electron chi connectivity index (χ0n) is 6.77. The van der Waals surface area contributed by atoms with Crippen LogP contribution in [-0.2, 0) is 0 Å². The third-order valence-electron chi connectivity index (χ3n) is 1.52. The normalized spacial score (nSPS) is 10.5. The number of rotatable bonds is 1. The Bertz CT molecular complexity index is 451. The molecule has 7 heteroatoms. The molecule has 2 aromatic rings. The molecule has 0 aliphatic carbocycles. The first kappa shape index (κ1) is 7.59.